The number of aliphatic hydroxyl groups is 1. The van der Waals surface area contributed by atoms with Crippen LogP contribution in [0.25, 0.3) is 28.1 Å². The first-order chi connectivity index (χ1) is 52.0. The second-order valence-corrected chi connectivity index (χ2v) is 28.5. The number of amides is 9. The molecule has 7 aromatic rings. The fraction of sp³-hybridized carbons (Fsp3) is 0.380. The zero-order valence-electron chi connectivity index (χ0n) is 60.9. The van der Waals surface area contributed by atoms with E-state index in [2.05, 4.69) is 42.2 Å². The number of para-hydroxylation sites is 1. The van der Waals surface area contributed by atoms with Crippen LogP contribution < -0.4 is 60.6 Å². The minimum absolute atomic E-state index is 0.0306. The molecule has 6 aromatic carbocycles. The Morgan fingerprint density at radius 2 is 1.39 bits per heavy atom. The topological polar surface area (TPSA) is 336 Å². The van der Waals surface area contributed by atoms with Crippen molar-refractivity contribution in [2.24, 2.45) is 11.3 Å². The molecule has 28 nitrogen and oxygen atoms in total. The number of nitrogens with zero attached hydrogens (tertiary/aromatic N) is 7. The van der Waals surface area contributed by atoms with Crippen molar-refractivity contribution in [3.05, 3.63) is 161 Å². The van der Waals surface area contributed by atoms with Gasteiger partial charge in [0.2, 0.25) is 35.4 Å². The summed E-state index contributed by atoms with van der Waals surface area (Å²) >= 11 is 0. The third kappa shape index (κ3) is 15.8. The molecule has 1 saturated heterocycles. The fourth-order valence-electron chi connectivity index (χ4n) is 14.4. The molecule has 1 aromatic heterocycles. The quantitative estimate of drug-likeness (QED) is 0.0264. The van der Waals surface area contributed by atoms with Gasteiger partial charge in [-0.3, -0.25) is 38.4 Å². The number of hydrogen-bond acceptors (Lipinski definition) is 18. The van der Waals surface area contributed by atoms with E-state index in [-0.39, 0.29) is 103 Å². The van der Waals surface area contributed by atoms with Gasteiger partial charge in [-0.1, -0.05) is 85.8 Å². The van der Waals surface area contributed by atoms with Crippen molar-refractivity contribution in [1.82, 2.24) is 46.1 Å². The monoisotopic (exact) mass is 1480 g/mol. The molecule has 6 aliphatic rings. The molecule has 1 unspecified atom stereocenters. The number of halogens is 1. The highest BCUT2D eigenvalue weighted by Crippen LogP contribution is 2.57. The average Bonchev–Trinajstić information content (AvgIpc) is 1.56. The lowest BCUT2D eigenvalue weighted by Gasteiger charge is -2.31. The van der Waals surface area contributed by atoms with Crippen LogP contribution in [-0.2, 0) is 46.7 Å². The Morgan fingerprint density at radius 3 is 2.09 bits per heavy atom. The van der Waals surface area contributed by atoms with Crippen molar-refractivity contribution in [3.8, 4) is 45.5 Å². The van der Waals surface area contributed by atoms with E-state index in [1.165, 1.54) is 45.4 Å². The number of aromatic nitrogens is 3. The van der Waals surface area contributed by atoms with Gasteiger partial charge in [0.15, 0.2) is 29.2 Å². The Hall–Kier alpha value is -11.9. The summed E-state index contributed by atoms with van der Waals surface area (Å²) in [6, 6.07) is 30.9. The predicted octanol–water partition coefficient (Wildman–Crippen LogP) is 8.49. The molecule has 5 aliphatic heterocycles. The zero-order valence-corrected chi connectivity index (χ0v) is 60.9. The Labute approximate surface area is 622 Å². The second-order valence-electron chi connectivity index (χ2n) is 28.5. The minimum atomic E-state index is -1.51. The van der Waals surface area contributed by atoms with Crippen molar-refractivity contribution in [1.29, 1.82) is 0 Å². The molecule has 6 heterocycles. The molecule has 13 rings (SSSR count). The maximum absolute atomic E-state index is 14.5. The van der Waals surface area contributed by atoms with E-state index in [1.54, 1.807) is 77.1 Å². The van der Waals surface area contributed by atoms with Crippen LogP contribution in [0, 0.1) is 17.2 Å². The van der Waals surface area contributed by atoms with Crippen molar-refractivity contribution in [3.63, 3.8) is 0 Å². The molecule has 2 fully saturated rings. The number of ether oxygens (including phenoxy) is 5. The average molecular weight is 1480 g/mol. The van der Waals surface area contributed by atoms with Gasteiger partial charge >= 0.3 is 6.09 Å². The Kier molecular flexibility index (Phi) is 21.8. The Bertz CT molecular complexity index is 4690. The number of nitrogens with one attached hydrogen (secondary N) is 6. The van der Waals surface area contributed by atoms with Gasteiger partial charge in [0.1, 0.15) is 30.2 Å². The lowest BCUT2D eigenvalue weighted by atomic mass is 9.95. The maximum Gasteiger partial charge on any atom is 0.416 e. The number of benzene rings is 6. The molecular formula is C79H86FN13O15. The molecule has 108 heavy (non-hydrogen) atoms. The van der Waals surface area contributed by atoms with Gasteiger partial charge in [0.05, 0.1) is 93.0 Å². The molecular weight excluding hydrogens is 1390 g/mol. The first-order valence-electron chi connectivity index (χ1n) is 36.1. The largest absolute Gasteiger partial charge is 0.493 e. The Morgan fingerprint density at radius 1 is 0.713 bits per heavy atom. The molecule has 0 radical (unpaired) electrons. The molecule has 1 aliphatic carbocycles. The van der Waals surface area contributed by atoms with E-state index in [1.807, 2.05) is 73.3 Å². The highest BCUT2D eigenvalue weighted by atomic mass is 19.1. The number of hydrogen-bond donors (Lipinski definition) is 7. The SMILES string of the molecule is COc1cc2c(cc1OCCCOc1cc3c(cc1OC)C(=O)N1CC4(CC4)C[C@H]1C(O)N3C(=O)OCc1ccc(NC(=O)[C@H](C)NC(=O)[C@@H](NC(=O)CNC(=O)CNC(=O)CCC(=O)N3Cc4ccccc4-c4nnn(C(C)C)c4-c4ccccc43)C(C)C)cc1)NC[C@@H]1CC(c3ccc(F)cc3)=CN1C2=O. The van der Waals surface area contributed by atoms with E-state index in [9.17, 15) is 52.6 Å². The maximum atomic E-state index is 14.5. The summed E-state index contributed by atoms with van der Waals surface area (Å²) in [5, 5.41) is 37.6. The summed E-state index contributed by atoms with van der Waals surface area (Å²) in [5.74, 6) is -3.84. The summed E-state index contributed by atoms with van der Waals surface area (Å²) < 4.78 is 45.3. The molecule has 1 saturated carbocycles. The van der Waals surface area contributed by atoms with Gasteiger partial charge in [-0.05, 0) is 123 Å². The van der Waals surface area contributed by atoms with Crippen molar-refractivity contribution < 1.29 is 76.3 Å². The molecule has 1 spiro atoms. The van der Waals surface area contributed by atoms with Crippen molar-refractivity contribution in [2.45, 2.75) is 129 Å². The minimum Gasteiger partial charge on any atom is -0.493 e. The number of aliphatic hydroxyl groups excluding tert-OH is 1. The number of carbonyl (C=O) groups excluding carboxylic acids is 9. The predicted molar refractivity (Wildman–Crippen MR) is 396 cm³/mol. The van der Waals surface area contributed by atoms with Crippen LogP contribution in [0.4, 0.5) is 31.9 Å². The van der Waals surface area contributed by atoms with Crippen LogP contribution in [-0.4, -0.2) is 167 Å². The van der Waals surface area contributed by atoms with Gasteiger partial charge in [0.25, 0.3) is 11.8 Å². The van der Waals surface area contributed by atoms with Crippen LogP contribution in [0.2, 0.25) is 0 Å². The number of fused-ring (bicyclic) bond motifs is 9. The molecule has 0 bridgehead atoms. The van der Waals surface area contributed by atoms with Gasteiger partial charge in [-0.15, -0.1) is 5.10 Å². The molecule has 5 atom stereocenters. The lowest BCUT2D eigenvalue weighted by Crippen LogP contribution is -2.55. The summed E-state index contributed by atoms with van der Waals surface area (Å²) in [6.07, 6.45) is 2.11. The normalized spacial score (nSPS) is 17.6. The molecule has 29 heteroatoms. The highest BCUT2D eigenvalue weighted by molar-refractivity contribution is 6.07. The summed E-state index contributed by atoms with van der Waals surface area (Å²) in [6.45, 7) is 8.84. The standard InChI is InChI=1S/C79H86FN13O15/c1-44(2)70(86-68(96)39-83-67(95)38-82-66(94)25-26-69(97)90-40-49-13-8-9-14-54(49)71-72(93(45(3)4)88-87-71)55-15-10-11-16-59(55)90)74(99)84-46(5)73(98)85-52-23-17-47(18-24-52)42-108-78(103)92-60-35-65(63(105-7)33-57(60)76(101)91-43-79(27-28-79)36-61(91)77(92)102)107-30-12-29-106-64-34-58-56(32-62(64)104-6)75(100)89-41-50(31-53(89)37-81-58)48-19-21-51(80)22-20-48/h8-11,13-24,32-35,41,44-46,53,61,70,77,81,102H,12,25-31,36-40,42-43H2,1-7H3,(H,82,94)(H,83,95)(H,84,99)(H,85,98)(H,86,96)/t46-,53-,61-,70-,77?/m0/s1. The summed E-state index contributed by atoms with van der Waals surface area (Å²) in [7, 11) is 2.91. The molecule has 7 N–H and O–H groups in total. The first kappa shape index (κ1) is 74.4. The van der Waals surface area contributed by atoms with E-state index in [0.717, 1.165) is 51.3 Å². The van der Waals surface area contributed by atoms with E-state index < -0.39 is 79.0 Å². The lowest BCUT2D eigenvalue weighted by molar-refractivity contribution is -0.132. The van der Waals surface area contributed by atoms with Gasteiger partial charge in [0, 0.05) is 73.5 Å². The van der Waals surface area contributed by atoms with Crippen LogP contribution in [0.1, 0.15) is 123 Å². The third-order valence-electron chi connectivity index (χ3n) is 20.4. The molecule has 9 amide bonds. The third-order valence-corrected chi connectivity index (χ3v) is 20.4. The number of rotatable bonds is 25. The van der Waals surface area contributed by atoms with Crippen LogP contribution in [0.3, 0.4) is 0 Å². The zero-order chi connectivity index (χ0) is 76.2. The van der Waals surface area contributed by atoms with Gasteiger partial charge in [-0.25, -0.2) is 18.8 Å². The summed E-state index contributed by atoms with van der Waals surface area (Å²) in [4.78, 5) is 129. The van der Waals surface area contributed by atoms with Crippen LogP contribution in [0.5, 0.6) is 23.0 Å². The smallest absolute Gasteiger partial charge is 0.416 e. The highest BCUT2D eigenvalue weighted by Gasteiger charge is 2.58. The fourth-order valence-corrected chi connectivity index (χ4v) is 14.4. The van der Waals surface area contributed by atoms with Gasteiger partial charge < -0.3 is 75.4 Å². The number of carbonyl (C=O) groups is 9. The van der Waals surface area contributed by atoms with Crippen LogP contribution >= 0.6 is 0 Å². The second kappa shape index (κ2) is 31.7. The Balaban J connectivity index is 0.569. The molecule has 564 valence electrons. The first-order valence-corrected chi connectivity index (χ1v) is 36.1. The summed E-state index contributed by atoms with van der Waals surface area (Å²) in [5.41, 5.74) is 8.13. The van der Waals surface area contributed by atoms with Crippen molar-refractivity contribution >= 4 is 81.7 Å². The van der Waals surface area contributed by atoms with Crippen LogP contribution in [0.15, 0.2) is 128 Å². The number of anilines is 4. The van der Waals surface area contributed by atoms with E-state index in [0.29, 0.717) is 77.7 Å². The number of methoxy groups -OCH3 is 2. The van der Waals surface area contributed by atoms with E-state index >= 15 is 0 Å². The van der Waals surface area contributed by atoms with Crippen molar-refractivity contribution in [2.75, 3.05) is 74.0 Å². The van der Waals surface area contributed by atoms with E-state index in [4.69, 9.17) is 23.7 Å². The van der Waals surface area contributed by atoms with Gasteiger partial charge in [-0.2, -0.15) is 0 Å².